The molecule has 0 aliphatic carbocycles. The summed E-state index contributed by atoms with van der Waals surface area (Å²) >= 11 is 6.03. The number of carbonyl (C=O) groups excluding carboxylic acids is 2. The third-order valence-corrected chi connectivity index (χ3v) is 4.31. The maximum atomic E-state index is 12.5. The summed E-state index contributed by atoms with van der Waals surface area (Å²) in [4.78, 5) is 28.1. The van der Waals surface area contributed by atoms with Crippen LogP contribution in [0.2, 0.25) is 5.02 Å². The largest absolute Gasteiger partial charge is 0.453 e. The molecular weight excluding hydrogens is 380 g/mol. The molecule has 7 heteroatoms. The number of hydrogen-bond acceptors (Lipinski definition) is 5. The fraction of sp³-hybridized carbons (Fsp3) is 0.0952. The first-order valence-corrected chi connectivity index (χ1v) is 8.91. The standard InChI is InChI=1S/C21H15ClN2O4/c1-12-7-13(9-14(22)8-12)21(26)24-15-3-2-4-16(10-15)27-18-5-6-23-17-11-19(25)28-20(17)18/h2-10H,11H2,1H3,(H,24,26). The number of nitrogens with one attached hydrogen (secondary N) is 1. The Kier molecular flexibility index (Phi) is 4.71. The SMILES string of the molecule is Cc1cc(Cl)cc(C(=O)Nc2cccc(Oc3ccnc4c3OC(=O)C4)c2)c1. The van der Waals surface area contributed by atoms with Crippen LogP contribution in [0.4, 0.5) is 5.69 Å². The number of fused-ring (bicyclic) bond motifs is 1. The number of ether oxygens (including phenoxy) is 2. The van der Waals surface area contributed by atoms with E-state index >= 15 is 0 Å². The Bertz CT molecular complexity index is 1080. The lowest BCUT2D eigenvalue weighted by molar-refractivity contribution is -0.131. The van der Waals surface area contributed by atoms with Crippen LogP contribution < -0.4 is 14.8 Å². The molecule has 0 fully saturated rings. The molecule has 28 heavy (non-hydrogen) atoms. The van der Waals surface area contributed by atoms with Crippen LogP contribution >= 0.6 is 11.6 Å². The highest BCUT2D eigenvalue weighted by Gasteiger charge is 2.25. The van der Waals surface area contributed by atoms with Gasteiger partial charge >= 0.3 is 5.97 Å². The van der Waals surface area contributed by atoms with Gasteiger partial charge in [-0.25, -0.2) is 0 Å². The number of esters is 1. The third kappa shape index (κ3) is 3.82. The van der Waals surface area contributed by atoms with Gasteiger partial charge in [0.2, 0.25) is 0 Å². The molecule has 0 unspecified atom stereocenters. The van der Waals surface area contributed by atoms with Crippen LogP contribution in [0.3, 0.4) is 0 Å². The van der Waals surface area contributed by atoms with Gasteiger partial charge in [0.1, 0.15) is 5.75 Å². The van der Waals surface area contributed by atoms with Crippen LogP contribution in [0.5, 0.6) is 17.2 Å². The summed E-state index contributed by atoms with van der Waals surface area (Å²) in [5, 5.41) is 3.33. The molecule has 1 aliphatic heterocycles. The number of carbonyl (C=O) groups is 2. The second kappa shape index (κ2) is 7.32. The molecule has 6 nitrogen and oxygen atoms in total. The van der Waals surface area contributed by atoms with Gasteiger partial charge in [0.15, 0.2) is 11.5 Å². The van der Waals surface area contributed by atoms with E-state index < -0.39 is 0 Å². The number of rotatable bonds is 4. The molecule has 0 radical (unpaired) electrons. The van der Waals surface area contributed by atoms with Crippen molar-refractivity contribution in [3.63, 3.8) is 0 Å². The van der Waals surface area contributed by atoms with Gasteiger partial charge in [-0.3, -0.25) is 14.6 Å². The highest BCUT2D eigenvalue weighted by atomic mass is 35.5. The van der Waals surface area contributed by atoms with Gasteiger partial charge < -0.3 is 14.8 Å². The number of nitrogens with zero attached hydrogens (tertiary/aromatic N) is 1. The highest BCUT2D eigenvalue weighted by Crippen LogP contribution is 2.37. The van der Waals surface area contributed by atoms with Gasteiger partial charge in [0, 0.05) is 34.6 Å². The number of amides is 1. The van der Waals surface area contributed by atoms with Crippen LogP contribution in [0.1, 0.15) is 21.6 Å². The van der Waals surface area contributed by atoms with Gasteiger partial charge in [0.25, 0.3) is 5.91 Å². The number of aromatic nitrogens is 1. The predicted molar refractivity (Wildman–Crippen MR) is 104 cm³/mol. The highest BCUT2D eigenvalue weighted by molar-refractivity contribution is 6.31. The molecule has 0 saturated carbocycles. The summed E-state index contributed by atoms with van der Waals surface area (Å²) in [6.45, 7) is 1.87. The number of aryl methyl sites for hydroxylation is 1. The average molecular weight is 395 g/mol. The summed E-state index contributed by atoms with van der Waals surface area (Å²) in [7, 11) is 0. The zero-order chi connectivity index (χ0) is 19.7. The Morgan fingerprint density at radius 3 is 2.89 bits per heavy atom. The molecule has 1 aliphatic rings. The Morgan fingerprint density at radius 1 is 1.21 bits per heavy atom. The van der Waals surface area contributed by atoms with E-state index in [1.807, 2.05) is 6.92 Å². The number of halogens is 1. The van der Waals surface area contributed by atoms with E-state index in [0.29, 0.717) is 39.2 Å². The summed E-state index contributed by atoms with van der Waals surface area (Å²) in [6.07, 6.45) is 1.69. The molecule has 2 aromatic carbocycles. The molecule has 2 heterocycles. The Morgan fingerprint density at radius 2 is 2.07 bits per heavy atom. The maximum Gasteiger partial charge on any atom is 0.317 e. The lowest BCUT2D eigenvalue weighted by Crippen LogP contribution is -2.12. The van der Waals surface area contributed by atoms with Crippen molar-refractivity contribution in [1.29, 1.82) is 0 Å². The first kappa shape index (κ1) is 18.0. The zero-order valence-corrected chi connectivity index (χ0v) is 15.6. The second-order valence-corrected chi connectivity index (χ2v) is 6.77. The molecule has 1 N–H and O–H groups in total. The lowest BCUT2D eigenvalue weighted by Gasteiger charge is -2.11. The van der Waals surface area contributed by atoms with Gasteiger partial charge in [-0.2, -0.15) is 0 Å². The molecule has 0 bridgehead atoms. The summed E-state index contributed by atoms with van der Waals surface area (Å²) in [5.74, 6) is 0.565. The molecule has 0 spiro atoms. The number of anilines is 1. The fourth-order valence-corrected chi connectivity index (χ4v) is 3.20. The van der Waals surface area contributed by atoms with E-state index in [0.717, 1.165) is 5.56 Å². The molecule has 140 valence electrons. The van der Waals surface area contributed by atoms with Crippen molar-refractivity contribution in [2.24, 2.45) is 0 Å². The minimum Gasteiger partial charge on any atom is -0.453 e. The normalized spacial score (nSPS) is 12.3. The summed E-state index contributed by atoms with van der Waals surface area (Å²) in [5.41, 5.74) is 2.47. The first-order chi connectivity index (χ1) is 13.5. The van der Waals surface area contributed by atoms with Crippen LogP contribution in [0.25, 0.3) is 0 Å². The smallest absolute Gasteiger partial charge is 0.317 e. The van der Waals surface area contributed by atoms with E-state index in [9.17, 15) is 9.59 Å². The number of pyridine rings is 1. The van der Waals surface area contributed by atoms with Crippen LogP contribution in [-0.4, -0.2) is 16.9 Å². The van der Waals surface area contributed by atoms with E-state index in [1.54, 1.807) is 54.7 Å². The quantitative estimate of drug-likeness (QED) is 0.657. The second-order valence-electron chi connectivity index (χ2n) is 6.34. The number of hydrogen-bond donors (Lipinski definition) is 1. The predicted octanol–water partition coefficient (Wildman–Crippen LogP) is 4.55. The molecule has 1 amide bonds. The lowest BCUT2D eigenvalue weighted by atomic mass is 10.1. The van der Waals surface area contributed by atoms with Crippen molar-refractivity contribution >= 4 is 29.2 Å². The van der Waals surface area contributed by atoms with Crippen molar-refractivity contribution in [2.45, 2.75) is 13.3 Å². The summed E-state index contributed by atoms with van der Waals surface area (Å²) < 4.78 is 11.0. The topological polar surface area (TPSA) is 77.5 Å². The minimum atomic E-state index is -0.364. The van der Waals surface area contributed by atoms with Crippen LogP contribution in [-0.2, 0) is 11.2 Å². The van der Waals surface area contributed by atoms with Crippen molar-refractivity contribution in [1.82, 2.24) is 4.98 Å². The first-order valence-electron chi connectivity index (χ1n) is 8.53. The van der Waals surface area contributed by atoms with E-state index in [4.69, 9.17) is 21.1 Å². The van der Waals surface area contributed by atoms with Gasteiger partial charge in [-0.05, 0) is 42.8 Å². The Labute approximate surface area is 166 Å². The van der Waals surface area contributed by atoms with Crippen molar-refractivity contribution in [2.75, 3.05) is 5.32 Å². The van der Waals surface area contributed by atoms with Crippen molar-refractivity contribution in [3.05, 3.63) is 76.6 Å². The number of benzene rings is 2. The molecule has 4 rings (SSSR count). The monoisotopic (exact) mass is 394 g/mol. The average Bonchev–Trinajstić information content (AvgIpc) is 3.02. The Hall–Kier alpha value is -3.38. The zero-order valence-electron chi connectivity index (χ0n) is 14.9. The van der Waals surface area contributed by atoms with Crippen LogP contribution in [0.15, 0.2) is 54.7 Å². The molecule has 3 aromatic rings. The van der Waals surface area contributed by atoms with Gasteiger partial charge in [0.05, 0.1) is 12.1 Å². The molecule has 0 atom stereocenters. The minimum absolute atomic E-state index is 0.127. The molecule has 0 saturated heterocycles. The van der Waals surface area contributed by atoms with Crippen molar-refractivity contribution < 1.29 is 19.1 Å². The van der Waals surface area contributed by atoms with E-state index in [1.165, 1.54) is 0 Å². The maximum absolute atomic E-state index is 12.5. The van der Waals surface area contributed by atoms with Crippen LogP contribution in [0, 0.1) is 6.92 Å². The van der Waals surface area contributed by atoms with Crippen molar-refractivity contribution in [3.8, 4) is 17.2 Å². The Balaban J connectivity index is 1.53. The van der Waals surface area contributed by atoms with E-state index in [-0.39, 0.29) is 18.3 Å². The summed E-state index contributed by atoms with van der Waals surface area (Å²) in [6, 6.07) is 13.7. The molecular formula is C21H15ClN2O4. The van der Waals surface area contributed by atoms with E-state index in [2.05, 4.69) is 10.3 Å². The molecule has 1 aromatic heterocycles. The van der Waals surface area contributed by atoms with Gasteiger partial charge in [-0.15, -0.1) is 0 Å². The third-order valence-electron chi connectivity index (χ3n) is 4.09. The fourth-order valence-electron chi connectivity index (χ4n) is 2.91. The van der Waals surface area contributed by atoms with Gasteiger partial charge in [-0.1, -0.05) is 17.7 Å².